The van der Waals surface area contributed by atoms with E-state index in [0.717, 1.165) is 49.0 Å². The molecule has 1 aromatic carbocycles. The van der Waals surface area contributed by atoms with Crippen molar-refractivity contribution in [1.82, 2.24) is 20.1 Å². The number of halogens is 1. The van der Waals surface area contributed by atoms with Crippen LogP contribution in [-0.4, -0.2) is 33.2 Å². The molecule has 0 N–H and O–H groups in total. The van der Waals surface area contributed by atoms with Crippen LogP contribution in [0.25, 0.3) is 11.5 Å². The molecule has 2 aromatic heterocycles. The van der Waals surface area contributed by atoms with Gasteiger partial charge in [-0.3, -0.25) is 9.88 Å². The quantitative estimate of drug-likeness (QED) is 0.704. The summed E-state index contributed by atoms with van der Waals surface area (Å²) in [6.45, 7) is 2.96. The van der Waals surface area contributed by atoms with Crippen molar-refractivity contribution in [3.63, 3.8) is 0 Å². The zero-order chi connectivity index (χ0) is 17.1. The van der Waals surface area contributed by atoms with E-state index < -0.39 is 0 Å². The smallest absolute Gasteiger partial charge is 0.249 e. The first-order chi connectivity index (χ1) is 12.3. The minimum atomic E-state index is 0.327. The second-order valence-electron chi connectivity index (χ2n) is 6.37. The van der Waals surface area contributed by atoms with Gasteiger partial charge in [-0.2, -0.15) is 0 Å². The molecule has 0 spiro atoms. The van der Waals surface area contributed by atoms with Gasteiger partial charge in [0.15, 0.2) is 0 Å². The number of rotatable bonds is 4. The van der Waals surface area contributed by atoms with Gasteiger partial charge in [-0.05, 0) is 55.8 Å². The minimum Gasteiger partial charge on any atom is -0.420 e. The van der Waals surface area contributed by atoms with Crippen molar-refractivity contribution in [2.45, 2.75) is 25.3 Å². The van der Waals surface area contributed by atoms with E-state index >= 15 is 0 Å². The monoisotopic (exact) mass is 354 g/mol. The molecule has 1 saturated heterocycles. The molecule has 5 nitrogen and oxygen atoms in total. The van der Waals surface area contributed by atoms with Crippen LogP contribution in [0, 0.1) is 0 Å². The summed E-state index contributed by atoms with van der Waals surface area (Å²) in [5, 5.41) is 9.22. The lowest BCUT2D eigenvalue weighted by atomic mass is 9.96. The van der Waals surface area contributed by atoms with Gasteiger partial charge in [0.2, 0.25) is 11.8 Å². The topological polar surface area (TPSA) is 55.1 Å². The first kappa shape index (κ1) is 16.2. The largest absolute Gasteiger partial charge is 0.420 e. The van der Waals surface area contributed by atoms with Crippen LogP contribution in [0.2, 0.25) is 5.02 Å². The molecular weight excluding hydrogens is 336 g/mol. The summed E-state index contributed by atoms with van der Waals surface area (Å²) in [5.41, 5.74) is 2.11. The number of hydrogen-bond donors (Lipinski definition) is 0. The van der Waals surface area contributed by atoms with Crippen LogP contribution in [0.5, 0.6) is 0 Å². The van der Waals surface area contributed by atoms with Gasteiger partial charge in [0.25, 0.3) is 0 Å². The van der Waals surface area contributed by atoms with Crippen LogP contribution in [0.15, 0.2) is 53.2 Å². The predicted octanol–water partition coefficient (Wildman–Crippen LogP) is 4.16. The Labute approximate surface area is 151 Å². The molecule has 0 radical (unpaired) electrons. The second-order valence-corrected chi connectivity index (χ2v) is 6.80. The van der Waals surface area contributed by atoms with E-state index in [4.69, 9.17) is 16.0 Å². The summed E-state index contributed by atoms with van der Waals surface area (Å²) in [6.07, 6.45) is 5.52. The predicted molar refractivity (Wildman–Crippen MR) is 96.2 cm³/mol. The zero-order valence-corrected chi connectivity index (χ0v) is 14.6. The molecule has 0 unspecified atom stereocenters. The molecule has 0 saturated carbocycles. The van der Waals surface area contributed by atoms with Crippen LogP contribution in [0.1, 0.15) is 30.2 Å². The van der Waals surface area contributed by atoms with Gasteiger partial charge in [0, 0.05) is 29.9 Å². The van der Waals surface area contributed by atoms with Gasteiger partial charge in [-0.15, -0.1) is 10.2 Å². The van der Waals surface area contributed by atoms with E-state index in [0.29, 0.717) is 11.8 Å². The van der Waals surface area contributed by atoms with Crippen molar-refractivity contribution in [2.75, 3.05) is 13.1 Å². The Morgan fingerprint density at radius 3 is 2.76 bits per heavy atom. The first-order valence-electron chi connectivity index (χ1n) is 8.48. The summed E-state index contributed by atoms with van der Waals surface area (Å²) in [5.74, 6) is 1.61. The average Bonchev–Trinajstić information content (AvgIpc) is 3.13. The SMILES string of the molecule is Clc1cccc(CN2CCC(c3nnc(-c4cccnc4)o3)CC2)c1. The number of benzene rings is 1. The Balaban J connectivity index is 1.37. The molecule has 128 valence electrons. The van der Waals surface area contributed by atoms with Gasteiger partial charge in [-0.25, -0.2) is 0 Å². The van der Waals surface area contributed by atoms with Gasteiger partial charge >= 0.3 is 0 Å². The summed E-state index contributed by atoms with van der Waals surface area (Å²) in [6, 6.07) is 11.9. The van der Waals surface area contributed by atoms with Crippen LogP contribution in [0.3, 0.4) is 0 Å². The maximum Gasteiger partial charge on any atom is 0.249 e. The van der Waals surface area contributed by atoms with E-state index in [9.17, 15) is 0 Å². The number of pyridine rings is 1. The highest BCUT2D eigenvalue weighted by molar-refractivity contribution is 6.30. The number of aromatic nitrogens is 3. The number of likely N-dealkylation sites (tertiary alicyclic amines) is 1. The second kappa shape index (κ2) is 7.33. The highest BCUT2D eigenvalue weighted by Crippen LogP contribution is 2.29. The molecule has 1 aliphatic heterocycles. The lowest BCUT2D eigenvalue weighted by Crippen LogP contribution is -2.32. The van der Waals surface area contributed by atoms with E-state index in [-0.39, 0.29) is 0 Å². The highest BCUT2D eigenvalue weighted by Gasteiger charge is 2.25. The first-order valence-corrected chi connectivity index (χ1v) is 8.86. The van der Waals surface area contributed by atoms with E-state index in [2.05, 4.69) is 26.1 Å². The van der Waals surface area contributed by atoms with Crippen molar-refractivity contribution in [3.05, 3.63) is 65.3 Å². The Morgan fingerprint density at radius 1 is 1.12 bits per heavy atom. The molecular formula is C19H19ClN4O. The Hall–Kier alpha value is -2.24. The third-order valence-corrected chi connectivity index (χ3v) is 4.82. The van der Waals surface area contributed by atoms with Gasteiger partial charge in [0.1, 0.15) is 0 Å². The van der Waals surface area contributed by atoms with Crippen LogP contribution in [0.4, 0.5) is 0 Å². The molecule has 25 heavy (non-hydrogen) atoms. The lowest BCUT2D eigenvalue weighted by Gasteiger charge is -2.30. The molecule has 1 fully saturated rings. The molecule has 0 atom stereocenters. The third kappa shape index (κ3) is 3.89. The van der Waals surface area contributed by atoms with Crippen molar-refractivity contribution >= 4 is 11.6 Å². The Morgan fingerprint density at radius 2 is 2.00 bits per heavy atom. The molecule has 4 rings (SSSR count). The number of nitrogens with zero attached hydrogens (tertiary/aromatic N) is 4. The summed E-state index contributed by atoms with van der Waals surface area (Å²) >= 11 is 6.07. The van der Waals surface area contributed by atoms with Gasteiger partial charge in [-0.1, -0.05) is 23.7 Å². The zero-order valence-electron chi connectivity index (χ0n) is 13.8. The molecule has 3 aromatic rings. The summed E-state index contributed by atoms with van der Waals surface area (Å²) in [7, 11) is 0. The molecule has 0 aliphatic carbocycles. The Bertz CT molecular complexity index is 828. The summed E-state index contributed by atoms with van der Waals surface area (Å²) < 4.78 is 5.88. The lowest BCUT2D eigenvalue weighted by molar-refractivity contribution is 0.193. The number of piperidine rings is 1. The van der Waals surface area contributed by atoms with Crippen molar-refractivity contribution < 1.29 is 4.42 Å². The van der Waals surface area contributed by atoms with Gasteiger partial charge < -0.3 is 4.42 Å². The summed E-state index contributed by atoms with van der Waals surface area (Å²) in [4.78, 5) is 6.54. The van der Waals surface area contributed by atoms with Crippen LogP contribution >= 0.6 is 11.6 Å². The fourth-order valence-electron chi connectivity index (χ4n) is 3.24. The number of hydrogen-bond acceptors (Lipinski definition) is 5. The fraction of sp³-hybridized carbons (Fsp3) is 0.316. The van der Waals surface area contributed by atoms with E-state index in [1.54, 1.807) is 12.4 Å². The third-order valence-electron chi connectivity index (χ3n) is 4.58. The van der Waals surface area contributed by atoms with E-state index in [1.165, 1.54) is 5.56 Å². The average molecular weight is 355 g/mol. The minimum absolute atomic E-state index is 0.327. The van der Waals surface area contributed by atoms with Crippen molar-refractivity contribution in [3.8, 4) is 11.5 Å². The molecule has 1 aliphatic rings. The molecule has 6 heteroatoms. The molecule has 0 amide bonds. The molecule has 3 heterocycles. The maximum absolute atomic E-state index is 6.07. The normalized spacial score (nSPS) is 16.2. The standard InChI is InChI=1S/C19H19ClN4O/c20-17-5-1-3-14(11-17)13-24-9-6-15(7-10-24)18-22-23-19(25-18)16-4-2-8-21-12-16/h1-5,8,11-12,15H,6-7,9-10,13H2. The maximum atomic E-state index is 6.07. The highest BCUT2D eigenvalue weighted by atomic mass is 35.5. The van der Waals surface area contributed by atoms with E-state index in [1.807, 2.05) is 30.3 Å². The van der Waals surface area contributed by atoms with Crippen molar-refractivity contribution in [1.29, 1.82) is 0 Å². The van der Waals surface area contributed by atoms with Crippen LogP contribution in [-0.2, 0) is 6.54 Å². The van der Waals surface area contributed by atoms with Crippen LogP contribution < -0.4 is 0 Å². The van der Waals surface area contributed by atoms with Gasteiger partial charge in [0.05, 0.1) is 5.56 Å². The molecule has 0 bridgehead atoms. The Kier molecular flexibility index (Phi) is 4.76. The fourth-order valence-corrected chi connectivity index (χ4v) is 3.45. The van der Waals surface area contributed by atoms with Crippen molar-refractivity contribution in [2.24, 2.45) is 0 Å².